The minimum absolute atomic E-state index is 0.0194. The zero-order valence-electron chi connectivity index (χ0n) is 9.36. The van der Waals surface area contributed by atoms with Crippen LogP contribution >= 0.6 is 11.3 Å². The zero-order valence-corrected chi connectivity index (χ0v) is 10.2. The normalized spacial score (nSPS) is 16.8. The number of nitrogens with two attached hydrogens (primary N) is 1. The van der Waals surface area contributed by atoms with Gasteiger partial charge in [-0.15, -0.1) is 11.3 Å². The van der Waals surface area contributed by atoms with E-state index in [1.54, 1.807) is 11.3 Å². The summed E-state index contributed by atoms with van der Waals surface area (Å²) in [6.45, 7) is 5.68. The SMILES string of the molecule is CC(NC(=O)C(C)C(C)N)c1cccs1. The van der Waals surface area contributed by atoms with E-state index in [9.17, 15) is 4.79 Å². The quantitative estimate of drug-likeness (QED) is 0.824. The molecule has 4 heteroatoms. The highest BCUT2D eigenvalue weighted by Crippen LogP contribution is 2.18. The second-order valence-corrected chi connectivity index (χ2v) is 4.87. The first kappa shape index (κ1) is 12.2. The fraction of sp³-hybridized carbons (Fsp3) is 0.545. The van der Waals surface area contributed by atoms with Crippen molar-refractivity contribution in [2.45, 2.75) is 32.9 Å². The molecule has 0 radical (unpaired) electrons. The van der Waals surface area contributed by atoms with Gasteiger partial charge in [0.25, 0.3) is 0 Å². The predicted molar refractivity (Wildman–Crippen MR) is 63.7 cm³/mol. The van der Waals surface area contributed by atoms with Crippen LogP contribution in [-0.2, 0) is 4.79 Å². The molecule has 1 aromatic heterocycles. The summed E-state index contributed by atoms with van der Waals surface area (Å²) in [5.74, 6) is -0.127. The Kier molecular flexibility index (Phi) is 4.29. The maximum Gasteiger partial charge on any atom is 0.224 e. The Morgan fingerprint density at radius 2 is 2.13 bits per heavy atom. The van der Waals surface area contributed by atoms with Gasteiger partial charge in [0, 0.05) is 16.8 Å². The molecule has 3 N–H and O–H groups in total. The van der Waals surface area contributed by atoms with Gasteiger partial charge in [-0.05, 0) is 25.3 Å². The highest BCUT2D eigenvalue weighted by Gasteiger charge is 2.19. The van der Waals surface area contributed by atoms with Gasteiger partial charge in [0.15, 0.2) is 0 Å². The van der Waals surface area contributed by atoms with E-state index in [2.05, 4.69) is 5.32 Å². The van der Waals surface area contributed by atoms with Crippen molar-refractivity contribution in [2.75, 3.05) is 0 Å². The number of nitrogens with one attached hydrogen (secondary N) is 1. The van der Waals surface area contributed by atoms with Crippen LogP contribution in [0.15, 0.2) is 17.5 Å². The van der Waals surface area contributed by atoms with E-state index in [4.69, 9.17) is 5.73 Å². The number of carbonyl (C=O) groups excluding carboxylic acids is 1. The monoisotopic (exact) mass is 226 g/mol. The molecule has 3 unspecified atom stereocenters. The van der Waals surface area contributed by atoms with E-state index < -0.39 is 0 Å². The van der Waals surface area contributed by atoms with Crippen LogP contribution in [0, 0.1) is 5.92 Å². The molecule has 0 fully saturated rings. The van der Waals surface area contributed by atoms with Crippen LogP contribution in [0.4, 0.5) is 0 Å². The molecule has 0 saturated heterocycles. The number of hydrogen-bond acceptors (Lipinski definition) is 3. The Bertz CT molecular complexity index is 308. The van der Waals surface area contributed by atoms with E-state index in [-0.39, 0.29) is 23.9 Å². The fourth-order valence-electron chi connectivity index (χ4n) is 1.19. The van der Waals surface area contributed by atoms with Gasteiger partial charge in [-0.3, -0.25) is 4.79 Å². The first-order valence-corrected chi connectivity index (χ1v) is 5.99. The second kappa shape index (κ2) is 5.28. The zero-order chi connectivity index (χ0) is 11.4. The Labute approximate surface area is 94.7 Å². The smallest absolute Gasteiger partial charge is 0.224 e. The minimum atomic E-state index is -0.146. The Morgan fingerprint density at radius 3 is 2.60 bits per heavy atom. The number of carbonyl (C=O) groups is 1. The summed E-state index contributed by atoms with van der Waals surface area (Å²) >= 11 is 1.65. The Morgan fingerprint density at radius 1 is 1.47 bits per heavy atom. The summed E-state index contributed by atoms with van der Waals surface area (Å²) in [6, 6.07) is 3.96. The molecular weight excluding hydrogens is 208 g/mol. The third-order valence-electron chi connectivity index (χ3n) is 2.53. The van der Waals surface area contributed by atoms with Crippen molar-refractivity contribution < 1.29 is 4.79 Å². The molecule has 1 rings (SSSR count). The van der Waals surface area contributed by atoms with Crippen molar-refractivity contribution in [2.24, 2.45) is 11.7 Å². The van der Waals surface area contributed by atoms with Crippen molar-refractivity contribution in [3.8, 4) is 0 Å². The van der Waals surface area contributed by atoms with Gasteiger partial charge >= 0.3 is 0 Å². The molecule has 84 valence electrons. The number of hydrogen-bond donors (Lipinski definition) is 2. The van der Waals surface area contributed by atoms with Crippen molar-refractivity contribution in [1.82, 2.24) is 5.32 Å². The predicted octanol–water partition coefficient (Wildman–Crippen LogP) is 1.91. The van der Waals surface area contributed by atoms with Crippen molar-refractivity contribution >= 4 is 17.2 Å². The molecule has 1 heterocycles. The van der Waals surface area contributed by atoms with E-state index in [0.717, 1.165) is 0 Å². The lowest BCUT2D eigenvalue weighted by Gasteiger charge is -2.18. The molecule has 15 heavy (non-hydrogen) atoms. The number of amides is 1. The van der Waals surface area contributed by atoms with Crippen molar-refractivity contribution in [3.63, 3.8) is 0 Å². The molecule has 0 saturated carbocycles. The minimum Gasteiger partial charge on any atom is -0.348 e. The molecule has 3 nitrogen and oxygen atoms in total. The van der Waals surface area contributed by atoms with Crippen LogP contribution in [0.2, 0.25) is 0 Å². The lowest BCUT2D eigenvalue weighted by atomic mass is 10.0. The molecule has 0 bridgehead atoms. The third-order valence-corrected chi connectivity index (χ3v) is 3.59. The van der Waals surface area contributed by atoms with Crippen LogP contribution < -0.4 is 11.1 Å². The van der Waals surface area contributed by atoms with Gasteiger partial charge in [0.2, 0.25) is 5.91 Å². The second-order valence-electron chi connectivity index (χ2n) is 3.89. The Balaban J connectivity index is 2.52. The molecule has 0 aliphatic heterocycles. The highest BCUT2D eigenvalue weighted by atomic mass is 32.1. The van der Waals surface area contributed by atoms with Crippen LogP contribution in [-0.4, -0.2) is 11.9 Å². The maximum absolute atomic E-state index is 11.7. The summed E-state index contributed by atoms with van der Waals surface area (Å²) in [5, 5.41) is 4.96. The van der Waals surface area contributed by atoms with E-state index in [0.29, 0.717) is 0 Å². The van der Waals surface area contributed by atoms with E-state index >= 15 is 0 Å². The van der Waals surface area contributed by atoms with Gasteiger partial charge in [-0.25, -0.2) is 0 Å². The molecule has 0 spiro atoms. The van der Waals surface area contributed by atoms with Crippen molar-refractivity contribution in [1.29, 1.82) is 0 Å². The first-order chi connectivity index (χ1) is 7.02. The highest BCUT2D eigenvalue weighted by molar-refractivity contribution is 7.10. The lowest BCUT2D eigenvalue weighted by Crippen LogP contribution is -2.39. The largest absolute Gasteiger partial charge is 0.348 e. The molecular formula is C11H18N2OS. The van der Waals surface area contributed by atoms with Gasteiger partial charge in [0.1, 0.15) is 0 Å². The molecule has 0 aliphatic rings. The van der Waals surface area contributed by atoms with E-state index in [1.165, 1.54) is 4.88 Å². The summed E-state index contributed by atoms with van der Waals surface area (Å²) in [4.78, 5) is 12.9. The average molecular weight is 226 g/mol. The van der Waals surface area contributed by atoms with Crippen LogP contribution in [0.3, 0.4) is 0 Å². The molecule has 3 atom stereocenters. The van der Waals surface area contributed by atoms with Crippen molar-refractivity contribution in [3.05, 3.63) is 22.4 Å². The van der Waals surface area contributed by atoms with Crippen LogP contribution in [0.5, 0.6) is 0 Å². The van der Waals surface area contributed by atoms with E-state index in [1.807, 2.05) is 38.3 Å². The van der Waals surface area contributed by atoms with Gasteiger partial charge in [-0.1, -0.05) is 13.0 Å². The third kappa shape index (κ3) is 3.32. The topological polar surface area (TPSA) is 55.1 Å². The molecule has 1 aromatic rings. The van der Waals surface area contributed by atoms with Gasteiger partial charge in [0.05, 0.1) is 6.04 Å². The van der Waals surface area contributed by atoms with Crippen LogP contribution in [0.1, 0.15) is 31.7 Å². The molecule has 1 amide bonds. The van der Waals surface area contributed by atoms with Gasteiger partial charge in [-0.2, -0.15) is 0 Å². The number of thiophene rings is 1. The molecule has 0 aromatic carbocycles. The summed E-state index contributed by atoms with van der Waals surface area (Å²) in [5.41, 5.74) is 5.67. The van der Waals surface area contributed by atoms with Gasteiger partial charge < -0.3 is 11.1 Å². The summed E-state index contributed by atoms with van der Waals surface area (Å²) in [7, 11) is 0. The standard InChI is InChI=1S/C11H18N2OS/c1-7(8(2)12)11(14)13-9(3)10-5-4-6-15-10/h4-9H,12H2,1-3H3,(H,13,14). The summed E-state index contributed by atoms with van der Waals surface area (Å²) < 4.78 is 0. The first-order valence-electron chi connectivity index (χ1n) is 5.11. The van der Waals surface area contributed by atoms with Crippen LogP contribution in [0.25, 0.3) is 0 Å². The average Bonchev–Trinajstić information content (AvgIpc) is 2.68. The lowest BCUT2D eigenvalue weighted by molar-refractivity contribution is -0.125. The maximum atomic E-state index is 11.7. The fourth-order valence-corrected chi connectivity index (χ4v) is 1.93. The summed E-state index contributed by atoms with van der Waals surface area (Å²) in [6.07, 6.45) is 0. The Hall–Kier alpha value is -0.870. The number of rotatable bonds is 4. The molecule has 0 aliphatic carbocycles.